The first-order valence-electron chi connectivity index (χ1n) is 6.97. The number of hydrazone groups is 1. The van der Waals surface area contributed by atoms with E-state index in [1.54, 1.807) is 20.2 Å². The number of hydrogen-bond donors (Lipinski definition) is 1. The highest BCUT2D eigenvalue weighted by Crippen LogP contribution is 2.38. The number of alkyl halides is 3. The van der Waals surface area contributed by atoms with Crippen molar-refractivity contribution in [2.24, 2.45) is 12.1 Å². The van der Waals surface area contributed by atoms with E-state index in [9.17, 15) is 18.0 Å². The van der Waals surface area contributed by atoms with Crippen LogP contribution in [0, 0.1) is 6.92 Å². The topological polar surface area (TPSA) is 68.5 Å². The number of carbonyl (C=O) groups is 1. The van der Waals surface area contributed by atoms with Crippen molar-refractivity contribution in [1.29, 1.82) is 0 Å². The average molecular weight is 338 g/mol. The lowest BCUT2D eigenvalue weighted by Gasteiger charge is -2.17. The molecule has 2 heterocycles. The zero-order valence-corrected chi connectivity index (χ0v) is 12.8. The predicted octanol–water partition coefficient (Wildman–Crippen LogP) is 2.86. The van der Waals surface area contributed by atoms with Crippen LogP contribution in [0.2, 0.25) is 0 Å². The summed E-state index contributed by atoms with van der Waals surface area (Å²) >= 11 is 0. The highest BCUT2D eigenvalue weighted by atomic mass is 19.4. The predicted molar refractivity (Wildman–Crippen MR) is 79.4 cm³/mol. The molecule has 0 fully saturated rings. The van der Waals surface area contributed by atoms with Gasteiger partial charge in [-0.25, -0.2) is 10.2 Å². The van der Waals surface area contributed by atoms with Crippen LogP contribution in [-0.2, 0) is 18.0 Å². The standard InChI is InChI=1S/C15H13F3N4O2/c1-8-11(6-22(2)21-8)10-4-3-9(5-12(10)15(16,17)18)13-7-24-14(23)20-19-13/h3-6H,7H2,1-2H3,(H,20,23). The molecule has 1 aliphatic rings. The molecule has 1 aromatic carbocycles. The van der Waals surface area contributed by atoms with E-state index >= 15 is 0 Å². The first-order chi connectivity index (χ1) is 11.3. The van der Waals surface area contributed by atoms with Crippen LogP contribution in [0.15, 0.2) is 29.5 Å². The van der Waals surface area contributed by atoms with Crippen LogP contribution in [0.3, 0.4) is 0 Å². The molecule has 1 aliphatic heterocycles. The second kappa shape index (κ2) is 5.66. The Morgan fingerprint density at radius 3 is 2.58 bits per heavy atom. The molecule has 9 heteroatoms. The monoisotopic (exact) mass is 338 g/mol. The minimum absolute atomic E-state index is 0.0400. The first-order valence-corrected chi connectivity index (χ1v) is 6.97. The summed E-state index contributed by atoms with van der Waals surface area (Å²) in [7, 11) is 1.65. The van der Waals surface area contributed by atoms with Crippen molar-refractivity contribution in [2.45, 2.75) is 13.1 Å². The van der Waals surface area contributed by atoms with Gasteiger partial charge in [0.05, 0.1) is 11.3 Å². The number of aryl methyl sites for hydroxylation is 2. The average Bonchev–Trinajstić information content (AvgIpc) is 2.85. The lowest BCUT2D eigenvalue weighted by Crippen LogP contribution is -2.30. The number of nitrogens with one attached hydrogen (secondary N) is 1. The van der Waals surface area contributed by atoms with E-state index in [0.717, 1.165) is 6.07 Å². The van der Waals surface area contributed by atoms with Gasteiger partial charge < -0.3 is 4.74 Å². The summed E-state index contributed by atoms with van der Waals surface area (Å²) < 4.78 is 46.7. The quantitative estimate of drug-likeness (QED) is 0.915. The van der Waals surface area contributed by atoms with Crippen LogP contribution >= 0.6 is 0 Å². The van der Waals surface area contributed by atoms with Crippen molar-refractivity contribution in [3.8, 4) is 11.1 Å². The van der Waals surface area contributed by atoms with Crippen molar-refractivity contribution < 1.29 is 22.7 Å². The molecule has 126 valence electrons. The number of aromatic nitrogens is 2. The Kier molecular flexibility index (Phi) is 3.78. The second-order valence-corrected chi connectivity index (χ2v) is 5.31. The molecule has 0 atom stereocenters. The number of amides is 1. The van der Waals surface area contributed by atoms with E-state index < -0.39 is 17.8 Å². The van der Waals surface area contributed by atoms with E-state index in [-0.39, 0.29) is 23.4 Å². The molecule has 0 aliphatic carbocycles. The van der Waals surface area contributed by atoms with Crippen LogP contribution < -0.4 is 5.43 Å². The Morgan fingerprint density at radius 2 is 2.04 bits per heavy atom. The van der Waals surface area contributed by atoms with Crippen molar-refractivity contribution in [1.82, 2.24) is 15.2 Å². The van der Waals surface area contributed by atoms with E-state index in [4.69, 9.17) is 4.74 Å². The van der Waals surface area contributed by atoms with Crippen LogP contribution in [0.25, 0.3) is 11.1 Å². The van der Waals surface area contributed by atoms with Crippen LogP contribution in [0.4, 0.5) is 18.0 Å². The van der Waals surface area contributed by atoms with Gasteiger partial charge in [0, 0.05) is 24.4 Å². The summed E-state index contributed by atoms with van der Waals surface area (Å²) in [5, 5.41) is 7.83. The lowest BCUT2D eigenvalue weighted by atomic mass is 9.96. The number of nitrogens with zero attached hydrogens (tertiary/aromatic N) is 3. The largest absolute Gasteiger partial charge is 0.442 e. The van der Waals surface area contributed by atoms with Crippen molar-refractivity contribution in [3.63, 3.8) is 0 Å². The molecule has 1 N–H and O–H groups in total. The van der Waals surface area contributed by atoms with Gasteiger partial charge in [0.1, 0.15) is 12.3 Å². The Balaban J connectivity index is 2.12. The molecule has 0 radical (unpaired) electrons. The minimum atomic E-state index is -4.55. The normalized spacial score (nSPS) is 14.9. The zero-order valence-electron chi connectivity index (χ0n) is 12.8. The number of halogens is 3. The third-order valence-corrected chi connectivity index (χ3v) is 3.58. The van der Waals surface area contributed by atoms with Gasteiger partial charge >= 0.3 is 12.3 Å². The molecule has 3 rings (SSSR count). The number of ether oxygens (including phenoxy) is 1. The smallest absolute Gasteiger partial charge is 0.428 e. The number of carbonyl (C=O) groups excluding carboxylic acids is 1. The van der Waals surface area contributed by atoms with Gasteiger partial charge in [-0.3, -0.25) is 4.68 Å². The maximum atomic E-state index is 13.5. The maximum Gasteiger partial charge on any atom is 0.428 e. The van der Waals surface area contributed by atoms with E-state index in [1.165, 1.54) is 16.8 Å². The van der Waals surface area contributed by atoms with Crippen LogP contribution in [0.1, 0.15) is 16.8 Å². The second-order valence-electron chi connectivity index (χ2n) is 5.31. The fourth-order valence-corrected chi connectivity index (χ4v) is 2.52. The van der Waals surface area contributed by atoms with Gasteiger partial charge in [-0.15, -0.1) is 0 Å². The summed E-state index contributed by atoms with van der Waals surface area (Å²) in [6.07, 6.45) is -3.74. The molecule has 6 nitrogen and oxygen atoms in total. The van der Waals surface area contributed by atoms with Crippen LogP contribution in [0.5, 0.6) is 0 Å². The lowest BCUT2D eigenvalue weighted by molar-refractivity contribution is -0.137. The molecule has 0 spiro atoms. The fraction of sp³-hybridized carbons (Fsp3) is 0.267. The minimum Gasteiger partial charge on any atom is -0.442 e. The molecule has 0 unspecified atom stereocenters. The summed E-state index contributed by atoms with van der Waals surface area (Å²) in [4.78, 5) is 10.9. The van der Waals surface area contributed by atoms with Gasteiger partial charge in [-0.2, -0.15) is 23.4 Å². The van der Waals surface area contributed by atoms with Gasteiger partial charge in [0.15, 0.2) is 0 Å². The van der Waals surface area contributed by atoms with Gasteiger partial charge in [-0.1, -0.05) is 12.1 Å². The maximum absolute atomic E-state index is 13.5. The van der Waals surface area contributed by atoms with Crippen molar-refractivity contribution in [2.75, 3.05) is 6.61 Å². The Morgan fingerprint density at radius 1 is 1.29 bits per heavy atom. The highest BCUT2D eigenvalue weighted by Gasteiger charge is 2.35. The van der Waals surface area contributed by atoms with Crippen molar-refractivity contribution in [3.05, 3.63) is 41.2 Å². The molecule has 24 heavy (non-hydrogen) atoms. The van der Waals surface area contributed by atoms with E-state index in [1.807, 2.05) is 0 Å². The molecular weight excluding hydrogens is 325 g/mol. The van der Waals surface area contributed by atoms with E-state index in [0.29, 0.717) is 11.3 Å². The molecule has 1 aromatic heterocycles. The van der Waals surface area contributed by atoms with Gasteiger partial charge in [0.2, 0.25) is 0 Å². The first kappa shape index (κ1) is 16.0. The summed E-state index contributed by atoms with van der Waals surface area (Å²) in [5.41, 5.74) is 2.68. The number of rotatable bonds is 2. The number of benzene rings is 1. The molecule has 0 saturated heterocycles. The van der Waals surface area contributed by atoms with Crippen LogP contribution in [-0.4, -0.2) is 28.2 Å². The molecule has 1 amide bonds. The Bertz CT molecular complexity index is 840. The fourth-order valence-electron chi connectivity index (χ4n) is 2.52. The summed E-state index contributed by atoms with van der Waals surface area (Å²) in [6, 6.07) is 3.89. The summed E-state index contributed by atoms with van der Waals surface area (Å²) in [6.45, 7) is 1.46. The molecule has 0 saturated carbocycles. The third-order valence-electron chi connectivity index (χ3n) is 3.58. The zero-order chi connectivity index (χ0) is 17.5. The Hall–Kier alpha value is -2.84. The van der Waals surface area contributed by atoms with Crippen molar-refractivity contribution >= 4 is 11.8 Å². The third kappa shape index (κ3) is 2.97. The highest BCUT2D eigenvalue weighted by molar-refractivity contribution is 6.04. The van der Waals surface area contributed by atoms with E-state index in [2.05, 4.69) is 15.6 Å². The number of hydrogen-bond acceptors (Lipinski definition) is 4. The summed E-state index contributed by atoms with van der Waals surface area (Å²) in [5.74, 6) is 0. The Labute approximate surface area is 134 Å². The molecule has 2 aromatic rings. The molecule has 0 bridgehead atoms. The molecular formula is C15H13F3N4O2. The number of cyclic esters (lactones) is 1. The SMILES string of the molecule is Cc1nn(C)cc1-c1ccc(C2=NNC(=O)OC2)cc1C(F)(F)F. The van der Waals surface area contributed by atoms with Gasteiger partial charge in [0.25, 0.3) is 0 Å². The van der Waals surface area contributed by atoms with Gasteiger partial charge in [-0.05, 0) is 18.6 Å².